The van der Waals surface area contributed by atoms with Crippen LogP contribution in [0.3, 0.4) is 0 Å². The maximum absolute atomic E-state index is 6.24. The molecule has 26 heavy (non-hydrogen) atoms. The van der Waals surface area contributed by atoms with Crippen molar-refractivity contribution in [2.45, 2.75) is 45.3 Å². The lowest BCUT2D eigenvalue weighted by molar-refractivity contribution is 0.152. The summed E-state index contributed by atoms with van der Waals surface area (Å²) in [5.74, 6) is 2.56. The number of hydrogen-bond donors (Lipinski definition) is 1. The maximum atomic E-state index is 6.24. The van der Waals surface area contributed by atoms with E-state index >= 15 is 0 Å². The summed E-state index contributed by atoms with van der Waals surface area (Å²) in [6.07, 6.45) is 0.537. The summed E-state index contributed by atoms with van der Waals surface area (Å²) in [6.45, 7) is 9.21. The molecule has 7 heteroatoms. The monoisotopic (exact) mass is 380 g/mol. The number of aromatic nitrogens is 2. The minimum atomic E-state index is -0.233. The Labute approximate surface area is 161 Å². The molecule has 1 aliphatic rings. The van der Waals surface area contributed by atoms with Gasteiger partial charge in [0.2, 0.25) is 0 Å². The van der Waals surface area contributed by atoms with E-state index < -0.39 is 0 Å². The molecule has 2 heterocycles. The fourth-order valence-corrected chi connectivity index (χ4v) is 3.13. The van der Waals surface area contributed by atoms with Crippen LogP contribution in [-0.2, 0) is 0 Å². The van der Waals surface area contributed by atoms with Crippen LogP contribution >= 0.6 is 12.4 Å². The van der Waals surface area contributed by atoms with Gasteiger partial charge in [-0.25, -0.2) is 0 Å². The van der Waals surface area contributed by atoms with Crippen LogP contribution in [0.1, 0.15) is 62.5 Å². The topological polar surface area (TPSA) is 63.4 Å². The van der Waals surface area contributed by atoms with Crippen molar-refractivity contribution in [3.8, 4) is 5.75 Å². The fraction of sp³-hybridized carbons (Fsp3) is 0.579. The molecule has 1 fully saturated rings. The standard InChI is InChI=1S/C19H28N4O2.ClH/c1-5-16(24-17-9-7-6-8-14(17)13(2)3)19-21-18(22-25-19)15-12-20-10-11-23(15)4;/h6-9,13,15-16,20H,5,10-12H2,1-4H3;1H. The molecule has 1 saturated heterocycles. The number of ether oxygens (including phenoxy) is 1. The summed E-state index contributed by atoms with van der Waals surface area (Å²) in [5, 5.41) is 7.59. The number of hydrogen-bond acceptors (Lipinski definition) is 6. The number of rotatable bonds is 6. The Morgan fingerprint density at radius 2 is 2.12 bits per heavy atom. The number of para-hydroxylation sites is 1. The van der Waals surface area contributed by atoms with Crippen molar-refractivity contribution in [3.63, 3.8) is 0 Å². The Morgan fingerprint density at radius 1 is 1.35 bits per heavy atom. The van der Waals surface area contributed by atoms with Gasteiger partial charge < -0.3 is 14.6 Å². The van der Waals surface area contributed by atoms with Crippen LogP contribution in [0.15, 0.2) is 28.8 Å². The Hall–Kier alpha value is -1.63. The molecule has 0 radical (unpaired) electrons. The minimum absolute atomic E-state index is 0. The average molecular weight is 381 g/mol. The second-order valence-electron chi connectivity index (χ2n) is 6.90. The molecule has 2 unspecified atom stereocenters. The first-order valence-electron chi connectivity index (χ1n) is 9.10. The number of piperazine rings is 1. The zero-order chi connectivity index (χ0) is 17.8. The summed E-state index contributed by atoms with van der Waals surface area (Å²) in [4.78, 5) is 6.89. The van der Waals surface area contributed by atoms with E-state index in [1.165, 1.54) is 5.56 Å². The van der Waals surface area contributed by atoms with Crippen LogP contribution in [0.25, 0.3) is 0 Å². The SMILES string of the molecule is CCC(Oc1ccccc1C(C)C)c1nc(C2CNCCN2C)no1.Cl. The van der Waals surface area contributed by atoms with Crippen LogP contribution in [0.4, 0.5) is 0 Å². The summed E-state index contributed by atoms with van der Waals surface area (Å²) in [7, 11) is 2.09. The minimum Gasteiger partial charge on any atom is -0.480 e. The predicted octanol–water partition coefficient (Wildman–Crippen LogP) is 3.72. The first-order chi connectivity index (χ1) is 12.1. The fourth-order valence-electron chi connectivity index (χ4n) is 3.13. The zero-order valence-electron chi connectivity index (χ0n) is 15.9. The number of benzene rings is 1. The molecule has 0 amide bonds. The van der Waals surface area contributed by atoms with Crippen LogP contribution in [0, 0.1) is 0 Å². The van der Waals surface area contributed by atoms with E-state index in [0.29, 0.717) is 11.8 Å². The molecule has 1 aliphatic heterocycles. The van der Waals surface area contributed by atoms with Crippen LogP contribution in [0.5, 0.6) is 5.75 Å². The molecular formula is C19H29ClN4O2. The third kappa shape index (κ3) is 4.55. The van der Waals surface area contributed by atoms with Crippen molar-refractivity contribution in [2.24, 2.45) is 0 Å². The van der Waals surface area contributed by atoms with Gasteiger partial charge in [-0.2, -0.15) is 4.98 Å². The first kappa shape index (κ1) is 20.7. The molecule has 0 bridgehead atoms. The highest BCUT2D eigenvalue weighted by atomic mass is 35.5. The van der Waals surface area contributed by atoms with Crippen molar-refractivity contribution < 1.29 is 9.26 Å². The Kier molecular flexibility index (Phi) is 7.43. The van der Waals surface area contributed by atoms with Gasteiger partial charge in [0.15, 0.2) is 11.9 Å². The van der Waals surface area contributed by atoms with Gasteiger partial charge in [0.05, 0.1) is 6.04 Å². The van der Waals surface area contributed by atoms with Gasteiger partial charge in [0.25, 0.3) is 5.89 Å². The van der Waals surface area contributed by atoms with Gasteiger partial charge >= 0.3 is 0 Å². The number of nitrogens with zero attached hydrogens (tertiary/aromatic N) is 3. The zero-order valence-corrected chi connectivity index (χ0v) is 16.8. The van der Waals surface area contributed by atoms with E-state index in [0.717, 1.165) is 37.6 Å². The lowest BCUT2D eigenvalue weighted by Gasteiger charge is -2.30. The van der Waals surface area contributed by atoms with Gasteiger partial charge in [-0.1, -0.05) is 44.1 Å². The Balaban J connectivity index is 0.00000243. The van der Waals surface area contributed by atoms with E-state index in [-0.39, 0.29) is 24.6 Å². The summed E-state index contributed by atoms with van der Waals surface area (Å²) >= 11 is 0. The largest absolute Gasteiger partial charge is 0.480 e. The smallest absolute Gasteiger partial charge is 0.267 e. The maximum Gasteiger partial charge on any atom is 0.267 e. The van der Waals surface area contributed by atoms with E-state index in [2.05, 4.69) is 54.2 Å². The molecular weight excluding hydrogens is 352 g/mol. The second-order valence-corrected chi connectivity index (χ2v) is 6.90. The lowest BCUT2D eigenvalue weighted by Crippen LogP contribution is -2.44. The molecule has 144 valence electrons. The highest BCUT2D eigenvalue weighted by Crippen LogP contribution is 2.31. The second kappa shape index (κ2) is 9.35. The van der Waals surface area contributed by atoms with Crippen LogP contribution in [-0.4, -0.2) is 41.7 Å². The number of likely N-dealkylation sites (N-methyl/N-ethyl adjacent to an activating group) is 1. The van der Waals surface area contributed by atoms with E-state index in [1.54, 1.807) is 0 Å². The van der Waals surface area contributed by atoms with Crippen molar-refractivity contribution in [1.82, 2.24) is 20.4 Å². The molecule has 3 rings (SSSR count). The third-order valence-electron chi connectivity index (χ3n) is 4.72. The van der Waals surface area contributed by atoms with Crippen molar-refractivity contribution in [2.75, 3.05) is 26.7 Å². The molecule has 1 aromatic carbocycles. The highest BCUT2D eigenvalue weighted by Gasteiger charge is 2.28. The van der Waals surface area contributed by atoms with Gasteiger partial charge in [-0.3, -0.25) is 4.90 Å². The molecule has 2 aromatic rings. The predicted molar refractivity (Wildman–Crippen MR) is 104 cm³/mol. The molecule has 0 saturated carbocycles. The summed E-state index contributed by atoms with van der Waals surface area (Å²) in [6, 6.07) is 8.30. The molecule has 1 N–H and O–H groups in total. The summed E-state index contributed by atoms with van der Waals surface area (Å²) in [5.41, 5.74) is 1.19. The van der Waals surface area contributed by atoms with E-state index in [4.69, 9.17) is 9.26 Å². The molecule has 0 aliphatic carbocycles. The van der Waals surface area contributed by atoms with Crippen molar-refractivity contribution in [1.29, 1.82) is 0 Å². The lowest BCUT2D eigenvalue weighted by atomic mass is 10.0. The molecule has 2 atom stereocenters. The molecule has 0 spiro atoms. The van der Waals surface area contributed by atoms with Gasteiger partial charge in [0, 0.05) is 19.6 Å². The molecule has 6 nitrogen and oxygen atoms in total. The van der Waals surface area contributed by atoms with Gasteiger partial charge in [0.1, 0.15) is 5.75 Å². The van der Waals surface area contributed by atoms with E-state index in [1.807, 2.05) is 18.2 Å². The Morgan fingerprint density at radius 3 is 2.81 bits per heavy atom. The first-order valence-corrected chi connectivity index (χ1v) is 9.10. The van der Waals surface area contributed by atoms with Gasteiger partial charge in [-0.15, -0.1) is 12.4 Å². The van der Waals surface area contributed by atoms with Crippen LogP contribution < -0.4 is 10.1 Å². The number of halogens is 1. The normalized spacial score (nSPS) is 19.2. The Bertz CT molecular complexity index is 692. The van der Waals surface area contributed by atoms with Crippen molar-refractivity contribution >= 4 is 12.4 Å². The van der Waals surface area contributed by atoms with E-state index in [9.17, 15) is 0 Å². The average Bonchev–Trinajstić information content (AvgIpc) is 3.10. The third-order valence-corrected chi connectivity index (χ3v) is 4.72. The van der Waals surface area contributed by atoms with Crippen LogP contribution in [0.2, 0.25) is 0 Å². The quantitative estimate of drug-likeness (QED) is 0.823. The highest BCUT2D eigenvalue weighted by molar-refractivity contribution is 5.85. The summed E-state index contributed by atoms with van der Waals surface area (Å²) < 4.78 is 11.8. The molecule has 1 aromatic heterocycles. The van der Waals surface area contributed by atoms with Crippen molar-refractivity contribution in [3.05, 3.63) is 41.5 Å². The number of nitrogens with one attached hydrogen (secondary N) is 1. The van der Waals surface area contributed by atoms with Gasteiger partial charge in [-0.05, 0) is 31.0 Å².